The van der Waals surface area contributed by atoms with Crippen molar-refractivity contribution >= 4 is 46.2 Å². The number of hydrogen-bond acceptors (Lipinski definition) is 8. The molecule has 2 saturated heterocycles. The Labute approximate surface area is 202 Å². The first-order valence-corrected chi connectivity index (χ1v) is 10.7. The number of non-ortho nitro benzene ring substituents is 1. The molecule has 35 heavy (non-hydrogen) atoms. The Morgan fingerprint density at radius 1 is 0.829 bits per heavy atom. The first-order valence-electron chi connectivity index (χ1n) is 10.3. The lowest BCUT2D eigenvalue weighted by Gasteiger charge is -2.28. The zero-order valence-electron chi connectivity index (χ0n) is 17.7. The van der Waals surface area contributed by atoms with Gasteiger partial charge in [0.25, 0.3) is 17.3 Å². The molecular formula is C23H15ClN4O7. The van der Waals surface area contributed by atoms with E-state index in [-0.39, 0.29) is 11.4 Å². The molecule has 2 aliphatic heterocycles. The number of halogens is 1. The number of nitro groups is 2. The first-order chi connectivity index (χ1) is 16.8. The van der Waals surface area contributed by atoms with Crippen LogP contribution in [0, 0.1) is 26.1 Å². The van der Waals surface area contributed by atoms with Gasteiger partial charge in [-0.3, -0.25) is 34.7 Å². The summed E-state index contributed by atoms with van der Waals surface area (Å²) in [6.07, 6.45) is -1.25. The molecule has 0 radical (unpaired) electrons. The summed E-state index contributed by atoms with van der Waals surface area (Å²) in [6.45, 7) is 0. The maximum Gasteiger partial charge on any atom is 0.293 e. The third-order valence-corrected chi connectivity index (χ3v) is 6.21. The number of fused-ring (bicyclic) bond motifs is 1. The quantitative estimate of drug-likeness (QED) is 0.292. The molecule has 12 heteroatoms. The summed E-state index contributed by atoms with van der Waals surface area (Å²) in [5.74, 6) is -2.47. The van der Waals surface area contributed by atoms with Gasteiger partial charge in [-0.25, -0.2) is 9.96 Å². The minimum Gasteiger partial charge on any atom is -0.273 e. The predicted molar refractivity (Wildman–Crippen MR) is 124 cm³/mol. The van der Waals surface area contributed by atoms with Gasteiger partial charge in [0.05, 0.1) is 21.6 Å². The molecule has 11 nitrogen and oxygen atoms in total. The van der Waals surface area contributed by atoms with Gasteiger partial charge in [-0.05, 0) is 35.9 Å². The highest BCUT2D eigenvalue weighted by Crippen LogP contribution is 2.48. The Hall–Kier alpha value is -4.35. The average molecular weight is 495 g/mol. The van der Waals surface area contributed by atoms with E-state index < -0.39 is 45.4 Å². The number of benzene rings is 3. The van der Waals surface area contributed by atoms with Crippen LogP contribution in [0.5, 0.6) is 0 Å². The van der Waals surface area contributed by atoms with Crippen LogP contribution < -0.4 is 9.96 Å². The summed E-state index contributed by atoms with van der Waals surface area (Å²) < 4.78 is 0. The van der Waals surface area contributed by atoms with E-state index in [9.17, 15) is 29.8 Å². The van der Waals surface area contributed by atoms with Gasteiger partial charge in [-0.15, -0.1) is 0 Å². The number of para-hydroxylation sites is 2. The van der Waals surface area contributed by atoms with Crippen molar-refractivity contribution < 1.29 is 24.3 Å². The third-order valence-electron chi connectivity index (χ3n) is 5.96. The Kier molecular flexibility index (Phi) is 5.42. The monoisotopic (exact) mass is 494 g/mol. The molecule has 0 aliphatic carbocycles. The Bertz CT molecular complexity index is 1360. The fourth-order valence-corrected chi connectivity index (χ4v) is 4.53. The molecule has 0 saturated carbocycles. The van der Waals surface area contributed by atoms with Gasteiger partial charge in [0.15, 0.2) is 6.10 Å². The molecule has 2 amide bonds. The molecule has 0 N–H and O–H groups in total. The van der Waals surface area contributed by atoms with Crippen LogP contribution in [0.3, 0.4) is 0 Å². The molecule has 0 bridgehead atoms. The van der Waals surface area contributed by atoms with Gasteiger partial charge in [0.1, 0.15) is 11.6 Å². The topological polar surface area (TPSA) is 136 Å². The van der Waals surface area contributed by atoms with E-state index in [0.717, 1.165) is 4.90 Å². The van der Waals surface area contributed by atoms with Crippen molar-refractivity contribution in [2.24, 2.45) is 5.92 Å². The molecule has 3 aromatic rings. The third kappa shape index (κ3) is 3.66. The normalized spacial score (nSPS) is 21.3. The molecule has 5 rings (SSSR count). The summed E-state index contributed by atoms with van der Waals surface area (Å²) in [5, 5.41) is 24.5. The van der Waals surface area contributed by atoms with Crippen LogP contribution in [-0.2, 0) is 14.4 Å². The Balaban J connectivity index is 1.60. The molecule has 0 aromatic heterocycles. The number of nitro benzene ring substituents is 2. The average Bonchev–Trinajstić information content (AvgIpc) is 3.35. The van der Waals surface area contributed by atoms with E-state index in [1.807, 2.05) is 0 Å². The summed E-state index contributed by atoms with van der Waals surface area (Å²) in [6, 6.07) is 16.7. The molecule has 176 valence electrons. The van der Waals surface area contributed by atoms with E-state index in [4.69, 9.17) is 16.4 Å². The van der Waals surface area contributed by atoms with Gasteiger partial charge in [-0.2, -0.15) is 0 Å². The van der Waals surface area contributed by atoms with Crippen LogP contribution in [-0.4, -0.2) is 27.8 Å². The van der Waals surface area contributed by atoms with E-state index in [1.54, 1.807) is 24.3 Å². The fourth-order valence-electron chi connectivity index (χ4n) is 4.40. The summed E-state index contributed by atoms with van der Waals surface area (Å²) in [7, 11) is 0. The van der Waals surface area contributed by atoms with Crippen molar-refractivity contribution in [3.63, 3.8) is 0 Å². The number of imide groups is 1. The van der Waals surface area contributed by atoms with Gasteiger partial charge in [-0.1, -0.05) is 35.9 Å². The van der Waals surface area contributed by atoms with E-state index in [2.05, 4.69) is 0 Å². The Morgan fingerprint density at radius 3 is 2.11 bits per heavy atom. The fraction of sp³-hybridized carbons (Fsp3) is 0.130. The van der Waals surface area contributed by atoms with E-state index >= 15 is 0 Å². The summed E-state index contributed by atoms with van der Waals surface area (Å²) in [5.41, 5.74) is 0.313. The summed E-state index contributed by atoms with van der Waals surface area (Å²) in [4.78, 5) is 55.1. The molecule has 3 atom stereocenters. The van der Waals surface area contributed by atoms with Gasteiger partial charge in [0.2, 0.25) is 5.91 Å². The second-order valence-corrected chi connectivity index (χ2v) is 8.34. The van der Waals surface area contributed by atoms with E-state index in [1.165, 1.54) is 53.6 Å². The number of hydrogen-bond donors (Lipinski definition) is 0. The highest BCUT2D eigenvalue weighted by molar-refractivity contribution is 6.30. The zero-order chi connectivity index (χ0) is 24.9. The van der Waals surface area contributed by atoms with Crippen molar-refractivity contribution in [3.05, 3.63) is 104 Å². The zero-order valence-corrected chi connectivity index (χ0v) is 18.4. The van der Waals surface area contributed by atoms with Crippen LogP contribution in [0.2, 0.25) is 5.02 Å². The molecule has 2 aliphatic rings. The van der Waals surface area contributed by atoms with Crippen molar-refractivity contribution in [1.82, 2.24) is 0 Å². The van der Waals surface area contributed by atoms with Crippen LogP contribution in [0.25, 0.3) is 0 Å². The lowest BCUT2D eigenvalue weighted by atomic mass is 9.90. The number of hydroxylamine groups is 1. The van der Waals surface area contributed by atoms with Crippen LogP contribution >= 0.6 is 11.6 Å². The minimum atomic E-state index is -1.25. The Morgan fingerprint density at radius 2 is 1.49 bits per heavy atom. The number of rotatable bonds is 5. The largest absolute Gasteiger partial charge is 0.293 e. The second-order valence-electron chi connectivity index (χ2n) is 7.91. The predicted octanol–water partition coefficient (Wildman–Crippen LogP) is 4.21. The first kappa shape index (κ1) is 22.4. The summed E-state index contributed by atoms with van der Waals surface area (Å²) >= 11 is 6.00. The highest BCUT2D eigenvalue weighted by atomic mass is 35.5. The molecule has 3 unspecified atom stereocenters. The van der Waals surface area contributed by atoms with E-state index in [0.29, 0.717) is 16.3 Å². The molecule has 3 aromatic carbocycles. The second kappa shape index (κ2) is 8.46. The van der Waals surface area contributed by atoms with Gasteiger partial charge >= 0.3 is 0 Å². The maximum atomic E-state index is 13.6. The van der Waals surface area contributed by atoms with Crippen molar-refractivity contribution in [1.29, 1.82) is 0 Å². The number of amides is 2. The number of anilines is 2. The smallest absolute Gasteiger partial charge is 0.273 e. The number of nitrogens with zero attached hydrogens (tertiary/aromatic N) is 4. The van der Waals surface area contributed by atoms with Gasteiger partial charge in [0, 0.05) is 23.2 Å². The molecular weight excluding hydrogens is 480 g/mol. The van der Waals surface area contributed by atoms with Crippen LogP contribution in [0.1, 0.15) is 11.6 Å². The molecule has 2 fully saturated rings. The highest BCUT2D eigenvalue weighted by Gasteiger charge is 2.61. The molecule has 0 spiro atoms. The maximum absolute atomic E-state index is 13.6. The molecule has 2 heterocycles. The lowest BCUT2D eigenvalue weighted by molar-refractivity contribution is -0.384. The van der Waals surface area contributed by atoms with Gasteiger partial charge < -0.3 is 0 Å². The number of carbonyl (C=O) groups excluding carboxylic acids is 2. The SMILES string of the molecule is O=C1C2ON(c3ccc(Cl)cc3)C(c3ccc([N+](=O)[O-])cc3)C2C(=O)N1c1ccccc1[N+](=O)[O-]. The lowest BCUT2D eigenvalue weighted by Crippen LogP contribution is -2.37. The van der Waals surface area contributed by atoms with Crippen LogP contribution in [0.15, 0.2) is 72.8 Å². The van der Waals surface area contributed by atoms with Crippen molar-refractivity contribution in [3.8, 4) is 0 Å². The number of carbonyl (C=O) groups is 2. The minimum absolute atomic E-state index is 0.141. The van der Waals surface area contributed by atoms with Crippen molar-refractivity contribution in [2.75, 3.05) is 9.96 Å². The van der Waals surface area contributed by atoms with Crippen LogP contribution in [0.4, 0.5) is 22.7 Å². The standard InChI is InChI=1S/C23H15ClN4O7/c24-14-7-11-15(12-8-14)26-20(13-5-9-16(10-6-13)27(31)32)19-21(35-26)23(30)25(22(19)29)17-3-1-2-4-18(17)28(33)34/h1-12,19-21H. The van der Waals surface area contributed by atoms with Crippen molar-refractivity contribution in [2.45, 2.75) is 12.1 Å².